The summed E-state index contributed by atoms with van der Waals surface area (Å²) in [6, 6.07) is 0.744. The largest absolute Gasteiger partial charge is 0.380 e. The molecule has 0 aromatic carbocycles. The van der Waals surface area contributed by atoms with Crippen LogP contribution in [-0.2, 0) is 4.74 Å². The Morgan fingerprint density at radius 3 is 2.44 bits per heavy atom. The molecule has 1 saturated carbocycles. The molecule has 3 nitrogen and oxygen atoms in total. The van der Waals surface area contributed by atoms with E-state index in [4.69, 9.17) is 4.74 Å². The van der Waals surface area contributed by atoms with Gasteiger partial charge < -0.3 is 15.0 Å². The molecule has 1 aliphatic heterocycles. The summed E-state index contributed by atoms with van der Waals surface area (Å²) in [5.41, 5.74) is 0. The molecular weight excluding hydrogens is 224 g/mol. The van der Waals surface area contributed by atoms with Gasteiger partial charge in [0.15, 0.2) is 0 Å². The first-order chi connectivity index (χ1) is 7.38. The smallest absolute Gasteiger partial charge is 0.0593 e. The zero-order valence-electron chi connectivity index (χ0n) is 10.3. The molecule has 16 heavy (non-hydrogen) atoms. The van der Waals surface area contributed by atoms with E-state index in [1.807, 2.05) is 0 Å². The summed E-state index contributed by atoms with van der Waals surface area (Å²) in [6.45, 7) is 5.54. The Hall–Kier alpha value is 0.170. The lowest BCUT2D eigenvalue weighted by Crippen LogP contribution is -2.42. The molecule has 0 radical (unpaired) electrons. The highest BCUT2D eigenvalue weighted by Gasteiger charge is 2.21. The second kappa shape index (κ2) is 7.49. The summed E-state index contributed by atoms with van der Waals surface area (Å²) in [6.07, 6.45) is 5.37. The van der Waals surface area contributed by atoms with Gasteiger partial charge in [0.05, 0.1) is 6.61 Å². The molecule has 0 aromatic heterocycles. The van der Waals surface area contributed by atoms with Crippen LogP contribution in [0.4, 0.5) is 0 Å². The fourth-order valence-corrected chi connectivity index (χ4v) is 2.17. The van der Waals surface area contributed by atoms with E-state index < -0.39 is 0 Å². The number of halogens is 1. The molecule has 4 heteroatoms. The average molecular weight is 249 g/mol. The second-order valence-corrected chi connectivity index (χ2v) is 4.92. The number of nitrogens with zero attached hydrogens (tertiary/aromatic N) is 1. The standard InChI is InChI=1S/C12H24N2O.ClH/c1-13-12-4-6-14(7-5-12)8-9-15-10-11-2-3-11;/h11-13H,2-10H2,1H3;1H. The van der Waals surface area contributed by atoms with Crippen LogP contribution in [0.15, 0.2) is 0 Å². The van der Waals surface area contributed by atoms with Gasteiger partial charge in [-0.15, -0.1) is 12.4 Å². The summed E-state index contributed by atoms with van der Waals surface area (Å²) >= 11 is 0. The predicted molar refractivity (Wildman–Crippen MR) is 69.3 cm³/mol. The van der Waals surface area contributed by atoms with Crippen molar-refractivity contribution in [3.8, 4) is 0 Å². The number of ether oxygens (including phenoxy) is 1. The Balaban J connectivity index is 0.00000128. The molecule has 2 rings (SSSR count). The first-order valence-corrected chi connectivity index (χ1v) is 6.36. The molecule has 0 unspecified atom stereocenters. The number of piperidine rings is 1. The van der Waals surface area contributed by atoms with Crippen molar-refractivity contribution in [2.24, 2.45) is 5.92 Å². The van der Waals surface area contributed by atoms with Crippen LogP contribution in [0.2, 0.25) is 0 Å². The Labute approximate surface area is 105 Å². The van der Waals surface area contributed by atoms with Crippen molar-refractivity contribution in [1.29, 1.82) is 0 Å². The average Bonchev–Trinajstić information content (AvgIpc) is 3.09. The van der Waals surface area contributed by atoms with E-state index in [1.54, 1.807) is 0 Å². The monoisotopic (exact) mass is 248 g/mol. The zero-order valence-corrected chi connectivity index (χ0v) is 11.1. The van der Waals surface area contributed by atoms with Crippen LogP contribution in [0.1, 0.15) is 25.7 Å². The number of hydrogen-bond acceptors (Lipinski definition) is 3. The van der Waals surface area contributed by atoms with Gasteiger partial charge in [-0.3, -0.25) is 0 Å². The maximum absolute atomic E-state index is 5.66. The highest BCUT2D eigenvalue weighted by atomic mass is 35.5. The molecule has 0 bridgehead atoms. The SMILES string of the molecule is CNC1CCN(CCOCC2CC2)CC1.Cl. The van der Waals surface area contributed by atoms with E-state index in [0.717, 1.165) is 31.7 Å². The molecule has 1 N–H and O–H groups in total. The zero-order chi connectivity index (χ0) is 10.5. The first kappa shape index (κ1) is 14.2. The fourth-order valence-electron chi connectivity index (χ4n) is 2.17. The maximum Gasteiger partial charge on any atom is 0.0593 e. The van der Waals surface area contributed by atoms with E-state index in [0.29, 0.717) is 0 Å². The Bertz CT molecular complexity index is 180. The van der Waals surface area contributed by atoms with Gasteiger partial charge in [-0.05, 0) is 51.7 Å². The van der Waals surface area contributed by atoms with E-state index in [9.17, 15) is 0 Å². The van der Waals surface area contributed by atoms with Gasteiger partial charge in [-0.1, -0.05) is 0 Å². The van der Waals surface area contributed by atoms with Crippen molar-refractivity contribution in [1.82, 2.24) is 10.2 Å². The third kappa shape index (κ3) is 5.00. The molecular formula is C12H25ClN2O. The van der Waals surface area contributed by atoms with Crippen LogP contribution in [0.5, 0.6) is 0 Å². The number of nitrogens with one attached hydrogen (secondary N) is 1. The molecule has 0 aromatic rings. The maximum atomic E-state index is 5.66. The molecule has 0 atom stereocenters. The normalized spacial score (nSPS) is 23.1. The molecule has 1 heterocycles. The minimum absolute atomic E-state index is 0. The van der Waals surface area contributed by atoms with Gasteiger partial charge in [-0.25, -0.2) is 0 Å². The Morgan fingerprint density at radius 1 is 1.19 bits per heavy atom. The first-order valence-electron chi connectivity index (χ1n) is 6.36. The third-order valence-electron chi connectivity index (χ3n) is 3.60. The van der Waals surface area contributed by atoms with Gasteiger partial charge in [0, 0.05) is 19.2 Å². The minimum Gasteiger partial charge on any atom is -0.380 e. The second-order valence-electron chi connectivity index (χ2n) is 4.92. The van der Waals surface area contributed by atoms with Gasteiger partial charge in [-0.2, -0.15) is 0 Å². The number of rotatable bonds is 6. The molecule has 1 aliphatic carbocycles. The summed E-state index contributed by atoms with van der Waals surface area (Å²) in [5, 5.41) is 3.36. The highest BCUT2D eigenvalue weighted by Crippen LogP contribution is 2.28. The summed E-state index contributed by atoms with van der Waals surface area (Å²) in [4.78, 5) is 2.53. The lowest BCUT2D eigenvalue weighted by Gasteiger charge is -2.31. The van der Waals surface area contributed by atoms with E-state index >= 15 is 0 Å². The van der Waals surface area contributed by atoms with E-state index in [1.165, 1.54) is 38.8 Å². The number of likely N-dealkylation sites (tertiary alicyclic amines) is 1. The fraction of sp³-hybridized carbons (Fsp3) is 1.00. The van der Waals surface area contributed by atoms with Crippen molar-refractivity contribution in [2.45, 2.75) is 31.7 Å². The van der Waals surface area contributed by atoms with Gasteiger partial charge in [0.2, 0.25) is 0 Å². The van der Waals surface area contributed by atoms with Crippen molar-refractivity contribution in [3.05, 3.63) is 0 Å². The van der Waals surface area contributed by atoms with Crippen molar-refractivity contribution >= 4 is 12.4 Å². The predicted octanol–water partition coefficient (Wildman–Crippen LogP) is 1.52. The summed E-state index contributed by atoms with van der Waals surface area (Å²) in [5.74, 6) is 0.903. The molecule has 0 spiro atoms. The van der Waals surface area contributed by atoms with Crippen LogP contribution in [0, 0.1) is 5.92 Å². The summed E-state index contributed by atoms with van der Waals surface area (Å²) < 4.78 is 5.66. The van der Waals surface area contributed by atoms with Crippen LogP contribution in [0.25, 0.3) is 0 Å². The quantitative estimate of drug-likeness (QED) is 0.722. The molecule has 0 amide bonds. The molecule has 2 fully saturated rings. The van der Waals surface area contributed by atoms with Crippen molar-refractivity contribution in [3.63, 3.8) is 0 Å². The van der Waals surface area contributed by atoms with Crippen LogP contribution >= 0.6 is 12.4 Å². The van der Waals surface area contributed by atoms with Crippen LogP contribution < -0.4 is 5.32 Å². The Morgan fingerprint density at radius 2 is 1.88 bits per heavy atom. The number of hydrogen-bond donors (Lipinski definition) is 1. The Kier molecular flexibility index (Phi) is 6.66. The third-order valence-corrected chi connectivity index (χ3v) is 3.60. The van der Waals surface area contributed by atoms with Gasteiger partial charge >= 0.3 is 0 Å². The van der Waals surface area contributed by atoms with Gasteiger partial charge in [0.25, 0.3) is 0 Å². The lowest BCUT2D eigenvalue weighted by molar-refractivity contribution is 0.0862. The van der Waals surface area contributed by atoms with Gasteiger partial charge in [0.1, 0.15) is 0 Å². The van der Waals surface area contributed by atoms with Crippen molar-refractivity contribution < 1.29 is 4.74 Å². The molecule has 96 valence electrons. The van der Waals surface area contributed by atoms with E-state index in [2.05, 4.69) is 17.3 Å². The lowest BCUT2D eigenvalue weighted by atomic mass is 10.1. The van der Waals surface area contributed by atoms with Crippen LogP contribution in [0.3, 0.4) is 0 Å². The molecule has 1 saturated heterocycles. The minimum atomic E-state index is 0. The summed E-state index contributed by atoms with van der Waals surface area (Å²) in [7, 11) is 2.07. The van der Waals surface area contributed by atoms with E-state index in [-0.39, 0.29) is 12.4 Å². The van der Waals surface area contributed by atoms with Crippen molar-refractivity contribution in [2.75, 3.05) is 39.9 Å². The van der Waals surface area contributed by atoms with Crippen LogP contribution in [-0.4, -0.2) is 50.8 Å². The topological polar surface area (TPSA) is 24.5 Å². The molecule has 2 aliphatic rings. The highest BCUT2D eigenvalue weighted by molar-refractivity contribution is 5.85.